The highest BCUT2D eigenvalue weighted by atomic mass is 79.9. The number of hydrogen-bond donors (Lipinski definition) is 0. The Labute approximate surface area is 133 Å². The molecule has 1 aromatic carbocycles. The quantitative estimate of drug-likeness (QED) is 0.508. The Balaban J connectivity index is 1.96. The van der Waals surface area contributed by atoms with Gasteiger partial charge in [0, 0.05) is 4.32 Å². The minimum Gasteiger partial charge on any atom is -0.0844 e. The van der Waals surface area contributed by atoms with Gasteiger partial charge in [-0.15, -0.1) is 0 Å². The molecule has 4 atom stereocenters. The van der Waals surface area contributed by atoms with Gasteiger partial charge < -0.3 is 0 Å². The van der Waals surface area contributed by atoms with Crippen LogP contribution in [0, 0.1) is 17.3 Å². The number of fused-ring (bicyclic) bond motifs is 2. The Morgan fingerprint density at radius 3 is 2.25 bits per heavy atom. The maximum Gasteiger partial charge on any atom is 0.0839 e. The Kier molecular flexibility index (Phi) is 3.31. The summed E-state index contributed by atoms with van der Waals surface area (Å²) < 4.78 is 0.405. The molecular formula is C18H27BrSi. The second-order valence-corrected chi connectivity index (χ2v) is 14.4. The highest BCUT2D eigenvalue weighted by Crippen LogP contribution is 2.72. The lowest BCUT2D eigenvalue weighted by molar-refractivity contribution is -0.0651. The van der Waals surface area contributed by atoms with E-state index in [0.29, 0.717) is 9.74 Å². The first-order chi connectivity index (χ1) is 9.21. The van der Waals surface area contributed by atoms with Crippen molar-refractivity contribution in [2.45, 2.75) is 56.6 Å². The molecule has 20 heavy (non-hydrogen) atoms. The van der Waals surface area contributed by atoms with Gasteiger partial charge in [0.2, 0.25) is 0 Å². The summed E-state index contributed by atoms with van der Waals surface area (Å²) in [6.45, 7) is 12.6. The average Bonchev–Trinajstić information content (AvgIpc) is 2.42. The lowest BCUT2D eigenvalue weighted by Crippen LogP contribution is -2.69. The molecule has 2 heteroatoms. The van der Waals surface area contributed by atoms with Crippen molar-refractivity contribution in [3.05, 3.63) is 30.3 Å². The van der Waals surface area contributed by atoms with Gasteiger partial charge in [0.1, 0.15) is 0 Å². The summed E-state index contributed by atoms with van der Waals surface area (Å²) in [5.74, 6) is 1.70. The van der Waals surface area contributed by atoms with Gasteiger partial charge in [0.25, 0.3) is 0 Å². The van der Waals surface area contributed by atoms with Crippen LogP contribution < -0.4 is 5.19 Å². The third-order valence-electron chi connectivity index (χ3n) is 6.83. The maximum atomic E-state index is 4.11. The molecule has 0 radical (unpaired) electrons. The molecule has 0 N–H and O–H groups in total. The average molecular weight is 351 g/mol. The highest BCUT2D eigenvalue weighted by Gasteiger charge is 2.68. The van der Waals surface area contributed by atoms with Crippen molar-refractivity contribution < 1.29 is 0 Å². The van der Waals surface area contributed by atoms with Gasteiger partial charge >= 0.3 is 0 Å². The van der Waals surface area contributed by atoms with E-state index in [9.17, 15) is 0 Å². The summed E-state index contributed by atoms with van der Waals surface area (Å²) in [6.07, 6.45) is 2.79. The Morgan fingerprint density at radius 2 is 1.75 bits per heavy atom. The molecule has 2 bridgehead atoms. The third-order valence-corrected chi connectivity index (χ3v) is 13.3. The second kappa shape index (κ2) is 4.46. The van der Waals surface area contributed by atoms with Crippen molar-refractivity contribution in [2.24, 2.45) is 17.3 Å². The van der Waals surface area contributed by atoms with E-state index in [1.165, 1.54) is 12.8 Å². The molecule has 4 rings (SSSR count). The SMILES string of the molecule is CC1CC([Si](C)(C)c2ccccc2)C2CC1(Br)C2(C)C. The van der Waals surface area contributed by atoms with Gasteiger partial charge in [-0.05, 0) is 35.6 Å². The van der Waals surface area contributed by atoms with E-state index in [1.54, 1.807) is 5.19 Å². The monoisotopic (exact) mass is 350 g/mol. The molecule has 4 unspecified atom stereocenters. The smallest absolute Gasteiger partial charge is 0.0839 e. The molecule has 3 aliphatic rings. The van der Waals surface area contributed by atoms with Crippen molar-refractivity contribution in [3.63, 3.8) is 0 Å². The molecule has 0 saturated heterocycles. The summed E-state index contributed by atoms with van der Waals surface area (Å²) in [6, 6.07) is 11.3. The summed E-state index contributed by atoms with van der Waals surface area (Å²) in [4.78, 5) is 0. The molecule has 110 valence electrons. The predicted molar refractivity (Wildman–Crippen MR) is 94.6 cm³/mol. The van der Waals surface area contributed by atoms with Crippen molar-refractivity contribution in [1.82, 2.24) is 0 Å². The van der Waals surface area contributed by atoms with Crippen molar-refractivity contribution >= 4 is 29.2 Å². The maximum absolute atomic E-state index is 4.11. The zero-order valence-electron chi connectivity index (χ0n) is 13.4. The van der Waals surface area contributed by atoms with E-state index < -0.39 is 8.07 Å². The highest BCUT2D eigenvalue weighted by molar-refractivity contribution is 9.10. The lowest BCUT2D eigenvalue weighted by atomic mass is 9.45. The van der Waals surface area contributed by atoms with E-state index >= 15 is 0 Å². The summed E-state index contributed by atoms with van der Waals surface area (Å²) in [5, 5.41) is 1.64. The van der Waals surface area contributed by atoms with E-state index in [1.807, 2.05) is 0 Å². The number of benzene rings is 1. The summed E-state index contributed by atoms with van der Waals surface area (Å²) in [5.41, 5.74) is 1.38. The number of alkyl halides is 1. The van der Waals surface area contributed by atoms with Gasteiger partial charge in [0.15, 0.2) is 0 Å². The molecule has 3 aliphatic carbocycles. The first-order valence-corrected chi connectivity index (χ1v) is 11.8. The van der Waals surface area contributed by atoms with Crippen LogP contribution in [-0.4, -0.2) is 12.4 Å². The molecule has 0 spiro atoms. The third kappa shape index (κ3) is 1.76. The number of rotatable bonds is 2. The van der Waals surface area contributed by atoms with E-state index in [-0.39, 0.29) is 0 Å². The summed E-state index contributed by atoms with van der Waals surface area (Å²) >= 11 is 4.11. The van der Waals surface area contributed by atoms with Crippen LogP contribution in [-0.2, 0) is 0 Å². The van der Waals surface area contributed by atoms with Crippen LogP contribution in [0.15, 0.2) is 30.3 Å². The fourth-order valence-corrected chi connectivity index (χ4v) is 9.90. The fraction of sp³-hybridized carbons (Fsp3) is 0.667. The summed E-state index contributed by atoms with van der Waals surface area (Å²) in [7, 11) is -1.39. The van der Waals surface area contributed by atoms with Gasteiger partial charge in [-0.1, -0.05) is 85.3 Å². The van der Waals surface area contributed by atoms with Crippen LogP contribution in [0.1, 0.15) is 33.6 Å². The van der Waals surface area contributed by atoms with Gasteiger partial charge in [-0.3, -0.25) is 0 Å². The van der Waals surface area contributed by atoms with E-state index in [2.05, 4.69) is 80.1 Å². The topological polar surface area (TPSA) is 0 Å². The normalized spacial score (nSPS) is 39.2. The molecule has 0 aromatic heterocycles. The van der Waals surface area contributed by atoms with Crippen LogP contribution in [0.2, 0.25) is 18.6 Å². The molecule has 1 aromatic rings. The predicted octanol–water partition coefficient (Wildman–Crippen LogP) is 5.19. The van der Waals surface area contributed by atoms with Crippen LogP contribution in [0.5, 0.6) is 0 Å². The Hall–Kier alpha value is -0.0831. The van der Waals surface area contributed by atoms with E-state index in [0.717, 1.165) is 17.4 Å². The van der Waals surface area contributed by atoms with Gasteiger partial charge in [0.05, 0.1) is 8.07 Å². The first-order valence-electron chi connectivity index (χ1n) is 7.95. The molecule has 0 aliphatic heterocycles. The molecule has 3 fully saturated rings. The van der Waals surface area contributed by atoms with Crippen LogP contribution in [0.4, 0.5) is 0 Å². The minimum atomic E-state index is -1.39. The minimum absolute atomic E-state index is 0.405. The molecule has 0 nitrogen and oxygen atoms in total. The number of halogens is 1. The lowest BCUT2D eigenvalue weighted by Gasteiger charge is -2.70. The van der Waals surface area contributed by atoms with Crippen molar-refractivity contribution in [2.75, 3.05) is 0 Å². The van der Waals surface area contributed by atoms with Gasteiger partial charge in [-0.25, -0.2) is 0 Å². The van der Waals surface area contributed by atoms with Gasteiger partial charge in [-0.2, -0.15) is 0 Å². The van der Waals surface area contributed by atoms with Crippen LogP contribution in [0.3, 0.4) is 0 Å². The Morgan fingerprint density at radius 1 is 1.15 bits per heavy atom. The Bertz CT molecular complexity index is 507. The van der Waals surface area contributed by atoms with Crippen molar-refractivity contribution in [1.29, 1.82) is 0 Å². The standard InChI is InChI=1S/C18H27BrSi/c1-13-11-16(15-12-18(13,19)17(15,2)3)20(4,5)14-9-7-6-8-10-14/h6-10,13,15-16H,11-12H2,1-5H3. The largest absolute Gasteiger partial charge is 0.0844 e. The molecule has 0 heterocycles. The zero-order valence-corrected chi connectivity index (χ0v) is 16.0. The zero-order chi connectivity index (χ0) is 14.8. The molecule has 3 saturated carbocycles. The fourth-order valence-electron chi connectivity index (χ4n) is 5.11. The van der Waals surface area contributed by atoms with Crippen LogP contribution >= 0.6 is 15.9 Å². The molecule has 0 amide bonds. The van der Waals surface area contributed by atoms with Crippen molar-refractivity contribution in [3.8, 4) is 0 Å². The van der Waals surface area contributed by atoms with Crippen LogP contribution in [0.25, 0.3) is 0 Å². The number of hydrogen-bond acceptors (Lipinski definition) is 0. The second-order valence-electron chi connectivity index (χ2n) is 8.23. The van der Waals surface area contributed by atoms with E-state index in [4.69, 9.17) is 0 Å². The molecular weight excluding hydrogens is 324 g/mol. The first kappa shape index (κ1) is 14.8.